The summed E-state index contributed by atoms with van der Waals surface area (Å²) in [5, 5.41) is 16.7. The fourth-order valence-electron chi connectivity index (χ4n) is 1.47. The SMILES string of the molecule is CCc1cnc2c(C)nnn2c1C(=O)O. The van der Waals surface area contributed by atoms with Crippen molar-refractivity contribution in [2.75, 3.05) is 0 Å². The fourth-order valence-corrected chi connectivity index (χ4v) is 1.47. The summed E-state index contributed by atoms with van der Waals surface area (Å²) in [6.07, 6.45) is 2.17. The van der Waals surface area contributed by atoms with Gasteiger partial charge in [0.15, 0.2) is 11.3 Å². The molecule has 78 valence electrons. The Morgan fingerprint density at radius 2 is 2.33 bits per heavy atom. The smallest absolute Gasteiger partial charge is 0.355 e. The topological polar surface area (TPSA) is 80.4 Å². The first-order valence-corrected chi connectivity index (χ1v) is 4.58. The number of hydrogen-bond acceptors (Lipinski definition) is 4. The van der Waals surface area contributed by atoms with Gasteiger partial charge < -0.3 is 5.11 Å². The highest BCUT2D eigenvalue weighted by molar-refractivity contribution is 5.88. The number of fused-ring (bicyclic) bond motifs is 1. The van der Waals surface area contributed by atoms with Gasteiger partial charge in [-0.05, 0) is 13.3 Å². The number of carbonyl (C=O) groups is 1. The first kappa shape index (κ1) is 9.57. The van der Waals surface area contributed by atoms with Gasteiger partial charge in [-0.2, -0.15) is 4.52 Å². The lowest BCUT2D eigenvalue weighted by Crippen LogP contribution is -2.11. The summed E-state index contributed by atoms with van der Waals surface area (Å²) in [5.41, 5.74) is 1.91. The van der Waals surface area contributed by atoms with Crippen molar-refractivity contribution in [1.29, 1.82) is 0 Å². The van der Waals surface area contributed by atoms with Crippen LogP contribution in [0.3, 0.4) is 0 Å². The number of nitrogens with zero attached hydrogens (tertiary/aromatic N) is 4. The predicted molar refractivity (Wildman–Crippen MR) is 51.9 cm³/mol. The summed E-state index contributed by atoms with van der Waals surface area (Å²) >= 11 is 0. The highest BCUT2D eigenvalue weighted by atomic mass is 16.4. The van der Waals surface area contributed by atoms with Crippen molar-refractivity contribution < 1.29 is 9.90 Å². The Kier molecular flexibility index (Phi) is 2.11. The van der Waals surface area contributed by atoms with Crippen LogP contribution in [0.15, 0.2) is 6.20 Å². The van der Waals surface area contributed by atoms with Crippen molar-refractivity contribution >= 4 is 11.6 Å². The zero-order chi connectivity index (χ0) is 11.0. The summed E-state index contributed by atoms with van der Waals surface area (Å²) in [7, 11) is 0. The van der Waals surface area contributed by atoms with Crippen molar-refractivity contribution in [2.45, 2.75) is 20.3 Å². The van der Waals surface area contributed by atoms with E-state index in [0.29, 0.717) is 23.3 Å². The van der Waals surface area contributed by atoms with Crippen LogP contribution in [0.25, 0.3) is 5.65 Å². The van der Waals surface area contributed by atoms with E-state index in [1.165, 1.54) is 4.52 Å². The van der Waals surface area contributed by atoms with Gasteiger partial charge in [0.2, 0.25) is 0 Å². The first-order chi connectivity index (χ1) is 7.15. The van der Waals surface area contributed by atoms with Crippen LogP contribution < -0.4 is 0 Å². The number of aryl methyl sites for hydroxylation is 2. The second-order valence-electron chi connectivity index (χ2n) is 3.20. The van der Waals surface area contributed by atoms with Crippen LogP contribution in [-0.2, 0) is 6.42 Å². The molecular formula is C9H10N4O2. The van der Waals surface area contributed by atoms with Crippen LogP contribution in [0.2, 0.25) is 0 Å². The molecule has 0 saturated heterocycles. The standard InChI is InChI=1S/C9H10N4O2/c1-3-6-4-10-8-5(2)11-12-13(8)7(6)9(14)15/h4H,3H2,1-2H3,(H,14,15). The van der Waals surface area contributed by atoms with Gasteiger partial charge in [-0.3, -0.25) is 0 Å². The molecule has 6 heteroatoms. The normalized spacial score (nSPS) is 10.8. The molecule has 0 atom stereocenters. The molecule has 0 aliphatic rings. The summed E-state index contributed by atoms with van der Waals surface area (Å²) in [5.74, 6) is -1.01. The summed E-state index contributed by atoms with van der Waals surface area (Å²) in [4.78, 5) is 15.2. The van der Waals surface area contributed by atoms with Crippen LogP contribution in [0.4, 0.5) is 0 Å². The van der Waals surface area contributed by atoms with Crippen molar-refractivity contribution in [1.82, 2.24) is 19.8 Å². The zero-order valence-corrected chi connectivity index (χ0v) is 8.43. The van der Waals surface area contributed by atoms with Gasteiger partial charge in [-0.1, -0.05) is 12.1 Å². The third kappa shape index (κ3) is 1.34. The number of hydrogen-bond donors (Lipinski definition) is 1. The average molecular weight is 206 g/mol. The Hall–Kier alpha value is -1.98. The molecule has 0 fully saturated rings. The molecular weight excluding hydrogens is 196 g/mol. The van der Waals surface area contributed by atoms with Crippen molar-refractivity contribution in [2.24, 2.45) is 0 Å². The molecule has 2 heterocycles. The van der Waals surface area contributed by atoms with Gasteiger partial charge in [-0.15, -0.1) is 5.10 Å². The Morgan fingerprint density at radius 1 is 1.60 bits per heavy atom. The van der Waals surface area contributed by atoms with Gasteiger partial charge in [0.1, 0.15) is 5.69 Å². The van der Waals surface area contributed by atoms with Crippen LogP contribution in [0.1, 0.15) is 28.7 Å². The molecule has 15 heavy (non-hydrogen) atoms. The second-order valence-corrected chi connectivity index (χ2v) is 3.20. The zero-order valence-electron chi connectivity index (χ0n) is 8.43. The Morgan fingerprint density at radius 3 is 2.93 bits per heavy atom. The highest BCUT2D eigenvalue weighted by Gasteiger charge is 2.17. The Labute approximate surface area is 85.6 Å². The van der Waals surface area contributed by atoms with Crippen LogP contribution in [0, 0.1) is 6.92 Å². The molecule has 0 aliphatic carbocycles. The highest BCUT2D eigenvalue weighted by Crippen LogP contribution is 2.12. The van der Waals surface area contributed by atoms with E-state index in [1.54, 1.807) is 13.1 Å². The Bertz CT molecular complexity index is 532. The molecule has 1 N–H and O–H groups in total. The van der Waals surface area contributed by atoms with E-state index in [-0.39, 0.29) is 5.69 Å². The van der Waals surface area contributed by atoms with Crippen LogP contribution in [0.5, 0.6) is 0 Å². The van der Waals surface area contributed by atoms with Gasteiger partial charge in [-0.25, -0.2) is 9.78 Å². The molecule has 0 aliphatic heterocycles. The molecule has 6 nitrogen and oxygen atoms in total. The lowest BCUT2D eigenvalue weighted by Gasteiger charge is -2.03. The maximum absolute atomic E-state index is 11.1. The molecule has 2 rings (SSSR count). The van der Waals surface area contributed by atoms with Crippen LogP contribution in [-0.4, -0.2) is 30.9 Å². The molecule has 0 spiro atoms. The second kappa shape index (κ2) is 3.30. The van der Waals surface area contributed by atoms with Gasteiger partial charge in [0, 0.05) is 11.8 Å². The van der Waals surface area contributed by atoms with E-state index in [2.05, 4.69) is 15.3 Å². The number of carboxylic acid groups (broad SMARTS) is 1. The van der Waals surface area contributed by atoms with Crippen molar-refractivity contribution in [3.8, 4) is 0 Å². The first-order valence-electron chi connectivity index (χ1n) is 4.58. The number of aromatic carboxylic acids is 1. The monoisotopic (exact) mass is 206 g/mol. The van der Waals surface area contributed by atoms with Gasteiger partial charge >= 0.3 is 5.97 Å². The molecule has 0 amide bonds. The summed E-state index contributed by atoms with van der Waals surface area (Å²) in [6.45, 7) is 3.62. The van der Waals surface area contributed by atoms with E-state index in [4.69, 9.17) is 5.11 Å². The fraction of sp³-hybridized carbons (Fsp3) is 0.333. The third-order valence-electron chi connectivity index (χ3n) is 2.25. The molecule has 0 saturated carbocycles. The average Bonchev–Trinajstić information content (AvgIpc) is 2.58. The number of aromatic nitrogens is 4. The van der Waals surface area contributed by atoms with Crippen molar-refractivity contribution in [3.63, 3.8) is 0 Å². The largest absolute Gasteiger partial charge is 0.476 e. The predicted octanol–water partition coefficient (Wildman–Crippen LogP) is 0.693. The Balaban J connectivity index is 2.85. The summed E-state index contributed by atoms with van der Waals surface area (Å²) in [6, 6.07) is 0. The van der Waals surface area contributed by atoms with E-state index >= 15 is 0 Å². The lowest BCUT2D eigenvalue weighted by molar-refractivity contribution is 0.0685. The van der Waals surface area contributed by atoms with Gasteiger partial charge in [0.05, 0.1) is 0 Å². The number of rotatable bonds is 2. The quantitative estimate of drug-likeness (QED) is 0.782. The maximum atomic E-state index is 11.1. The molecule has 2 aromatic heterocycles. The summed E-state index contributed by atoms with van der Waals surface area (Å²) < 4.78 is 1.27. The molecule has 0 aromatic carbocycles. The molecule has 2 aromatic rings. The minimum Gasteiger partial charge on any atom is -0.476 e. The van der Waals surface area contributed by atoms with Crippen LogP contribution >= 0.6 is 0 Å². The lowest BCUT2D eigenvalue weighted by atomic mass is 10.2. The van der Waals surface area contributed by atoms with E-state index in [0.717, 1.165) is 0 Å². The van der Waals surface area contributed by atoms with E-state index < -0.39 is 5.97 Å². The maximum Gasteiger partial charge on any atom is 0.355 e. The minimum absolute atomic E-state index is 0.142. The van der Waals surface area contributed by atoms with E-state index in [9.17, 15) is 4.79 Å². The third-order valence-corrected chi connectivity index (χ3v) is 2.25. The van der Waals surface area contributed by atoms with Gasteiger partial charge in [0.25, 0.3) is 0 Å². The van der Waals surface area contributed by atoms with Crippen molar-refractivity contribution in [3.05, 3.63) is 23.1 Å². The minimum atomic E-state index is -1.01. The molecule has 0 bridgehead atoms. The molecule has 0 unspecified atom stereocenters. The number of carboxylic acids is 1. The van der Waals surface area contributed by atoms with E-state index in [1.807, 2.05) is 6.92 Å². The molecule has 0 radical (unpaired) electrons.